The number of amides is 1. The number of nitrogens with one attached hydrogen (secondary N) is 3. The molecule has 26 heavy (non-hydrogen) atoms. The molecule has 1 aliphatic heterocycles. The van der Waals surface area contributed by atoms with E-state index in [1.807, 2.05) is 24.3 Å². The van der Waals surface area contributed by atoms with Crippen LogP contribution in [0, 0.1) is 18.3 Å². The van der Waals surface area contributed by atoms with E-state index in [4.69, 9.17) is 0 Å². The maximum Gasteiger partial charge on any atom is 0.251 e. The topological polar surface area (TPSA) is 86.9 Å². The highest BCUT2D eigenvalue weighted by Gasteiger charge is 2.49. The third-order valence-corrected chi connectivity index (χ3v) is 5.78. The van der Waals surface area contributed by atoms with Gasteiger partial charge in [0.2, 0.25) is 5.91 Å². The zero-order chi connectivity index (χ0) is 18.1. The van der Waals surface area contributed by atoms with Crippen molar-refractivity contribution < 1.29 is 4.79 Å². The number of carbonyl (C=O) groups excluding carboxylic acids is 1. The van der Waals surface area contributed by atoms with Crippen LogP contribution < -0.4 is 16.2 Å². The zero-order valence-electron chi connectivity index (χ0n) is 15.0. The molecular formula is C20H24N4O2. The molecule has 1 saturated carbocycles. The summed E-state index contributed by atoms with van der Waals surface area (Å²) in [7, 11) is 0. The molecule has 6 heteroatoms. The maximum atomic E-state index is 13.0. The van der Waals surface area contributed by atoms with E-state index < -0.39 is 0 Å². The minimum atomic E-state index is -0.264. The maximum absolute atomic E-state index is 13.0. The molecule has 2 fully saturated rings. The highest BCUT2D eigenvalue weighted by molar-refractivity contribution is 5.96. The van der Waals surface area contributed by atoms with Gasteiger partial charge in [0.25, 0.3) is 5.56 Å². The summed E-state index contributed by atoms with van der Waals surface area (Å²) in [6.45, 7) is 3.51. The lowest BCUT2D eigenvalue weighted by Crippen LogP contribution is -2.44. The van der Waals surface area contributed by atoms with E-state index in [0.717, 1.165) is 43.6 Å². The number of aromatic nitrogens is 2. The minimum Gasteiger partial charge on any atom is -0.326 e. The van der Waals surface area contributed by atoms with Crippen LogP contribution in [0.25, 0.3) is 11.4 Å². The van der Waals surface area contributed by atoms with Crippen molar-refractivity contribution in [2.24, 2.45) is 11.3 Å². The molecule has 136 valence electrons. The average molecular weight is 352 g/mol. The lowest BCUT2D eigenvalue weighted by Gasteiger charge is -2.37. The van der Waals surface area contributed by atoms with Crippen molar-refractivity contribution in [1.82, 2.24) is 15.3 Å². The van der Waals surface area contributed by atoms with Crippen molar-refractivity contribution in [2.45, 2.75) is 32.6 Å². The SMILES string of the molecule is Cc1cc(=O)[nH]c(-c2ccc(NC(=O)[C@@]34CCCC[C@H]3CNC4)cc2)n1. The second-order valence-corrected chi connectivity index (χ2v) is 7.50. The van der Waals surface area contributed by atoms with Crippen LogP contribution in [0.4, 0.5) is 5.69 Å². The number of aromatic amines is 1. The van der Waals surface area contributed by atoms with Gasteiger partial charge in [-0.2, -0.15) is 0 Å². The molecular weight excluding hydrogens is 328 g/mol. The molecule has 6 nitrogen and oxygen atoms in total. The summed E-state index contributed by atoms with van der Waals surface area (Å²) >= 11 is 0. The van der Waals surface area contributed by atoms with Gasteiger partial charge in [0.05, 0.1) is 5.41 Å². The summed E-state index contributed by atoms with van der Waals surface area (Å²) in [6.07, 6.45) is 4.43. The van der Waals surface area contributed by atoms with Gasteiger partial charge in [0.15, 0.2) is 0 Å². The van der Waals surface area contributed by atoms with Crippen molar-refractivity contribution in [2.75, 3.05) is 18.4 Å². The number of nitrogens with zero attached hydrogens (tertiary/aromatic N) is 1. The van der Waals surface area contributed by atoms with Crippen LogP contribution in [0.1, 0.15) is 31.4 Å². The molecule has 1 aromatic heterocycles. The Labute approximate surface area is 152 Å². The first-order valence-corrected chi connectivity index (χ1v) is 9.27. The fourth-order valence-electron chi connectivity index (χ4n) is 4.37. The molecule has 0 bridgehead atoms. The Kier molecular flexibility index (Phi) is 4.36. The Morgan fingerprint density at radius 1 is 1.27 bits per heavy atom. The van der Waals surface area contributed by atoms with Gasteiger partial charge in [0.1, 0.15) is 5.82 Å². The number of aryl methyl sites for hydroxylation is 1. The lowest BCUT2D eigenvalue weighted by atomic mass is 9.67. The predicted octanol–water partition coefficient (Wildman–Crippen LogP) is 2.46. The van der Waals surface area contributed by atoms with E-state index in [-0.39, 0.29) is 16.9 Å². The van der Waals surface area contributed by atoms with Gasteiger partial charge in [0, 0.05) is 29.6 Å². The molecule has 0 spiro atoms. The first kappa shape index (κ1) is 17.0. The Morgan fingerprint density at radius 3 is 2.85 bits per heavy atom. The van der Waals surface area contributed by atoms with Crippen molar-refractivity contribution in [1.29, 1.82) is 0 Å². The number of hydrogen-bond donors (Lipinski definition) is 3. The molecule has 1 saturated heterocycles. The third-order valence-electron chi connectivity index (χ3n) is 5.78. The predicted molar refractivity (Wildman–Crippen MR) is 101 cm³/mol. The summed E-state index contributed by atoms with van der Waals surface area (Å²) in [5.41, 5.74) is 1.85. The summed E-state index contributed by atoms with van der Waals surface area (Å²) in [4.78, 5) is 31.7. The second-order valence-electron chi connectivity index (χ2n) is 7.50. The summed E-state index contributed by atoms with van der Waals surface area (Å²) in [5.74, 6) is 1.11. The van der Waals surface area contributed by atoms with E-state index in [1.54, 1.807) is 6.92 Å². The molecule has 1 aromatic carbocycles. The van der Waals surface area contributed by atoms with Gasteiger partial charge in [-0.1, -0.05) is 12.8 Å². The number of H-pyrrole nitrogens is 1. The number of hydrogen-bond acceptors (Lipinski definition) is 4. The fraction of sp³-hybridized carbons (Fsp3) is 0.450. The Balaban J connectivity index is 1.52. The molecule has 1 amide bonds. The summed E-state index contributed by atoms with van der Waals surface area (Å²) in [6, 6.07) is 8.94. The summed E-state index contributed by atoms with van der Waals surface area (Å²) in [5, 5.41) is 6.51. The van der Waals surface area contributed by atoms with E-state index in [0.29, 0.717) is 17.4 Å². The van der Waals surface area contributed by atoms with Crippen LogP contribution in [0.5, 0.6) is 0 Å². The first-order chi connectivity index (χ1) is 12.6. The fourth-order valence-corrected chi connectivity index (χ4v) is 4.37. The largest absolute Gasteiger partial charge is 0.326 e. The smallest absolute Gasteiger partial charge is 0.251 e. The number of carbonyl (C=O) groups is 1. The van der Waals surface area contributed by atoms with Crippen LogP contribution in [0.3, 0.4) is 0 Å². The van der Waals surface area contributed by atoms with Gasteiger partial charge in [-0.05, 0) is 56.5 Å². The third kappa shape index (κ3) is 3.05. The van der Waals surface area contributed by atoms with Crippen LogP contribution in [0.2, 0.25) is 0 Å². The highest BCUT2D eigenvalue weighted by atomic mass is 16.2. The van der Waals surface area contributed by atoms with Gasteiger partial charge in [-0.3, -0.25) is 9.59 Å². The van der Waals surface area contributed by atoms with Gasteiger partial charge in [-0.25, -0.2) is 4.98 Å². The molecule has 2 aliphatic rings. The van der Waals surface area contributed by atoms with Gasteiger partial charge >= 0.3 is 0 Å². The van der Waals surface area contributed by atoms with Crippen LogP contribution in [-0.2, 0) is 4.79 Å². The van der Waals surface area contributed by atoms with E-state index in [2.05, 4.69) is 20.6 Å². The number of fused-ring (bicyclic) bond motifs is 1. The van der Waals surface area contributed by atoms with E-state index in [1.165, 1.54) is 12.5 Å². The van der Waals surface area contributed by atoms with Crippen molar-refractivity contribution >= 4 is 11.6 Å². The lowest BCUT2D eigenvalue weighted by molar-refractivity contribution is -0.128. The van der Waals surface area contributed by atoms with Crippen molar-refractivity contribution in [3.63, 3.8) is 0 Å². The zero-order valence-corrected chi connectivity index (χ0v) is 15.0. The molecule has 2 aromatic rings. The van der Waals surface area contributed by atoms with Crippen molar-refractivity contribution in [3.05, 3.63) is 46.4 Å². The van der Waals surface area contributed by atoms with Gasteiger partial charge < -0.3 is 15.6 Å². The highest BCUT2D eigenvalue weighted by Crippen LogP contribution is 2.44. The van der Waals surface area contributed by atoms with Crippen LogP contribution in [-0.4, -0.2) is 29.0 Å². The normalized spacial score (nSPS) is 24.9. The van der Waals surface area contributed by atoms with Crippen LogP contribution in [0.15, 0.2) is 35.1 Å². The molecule has 0 radical (unpaired) electrons. The Hall–Kier alpha value is -2.47. The van der Waals surface area contributed by atoms with E-state index in [9.17, 15) is 9.59 Å². The molecule has 2 atom stereocenters. The number of benzene rings is 1. The quantitative estimate of drug-likeness (QED) is 0.792. The Morgan fingerprint density at radius 2 is 2.08 bits per heavy atom. The molecule has 4 rings (SSSR count). The molecule has 1 aliphatic carbocycles. The Bertz CT molecular complexity index is 874. The van der Waals surface area contributed by atoms with Gasteiger partial charge in [-0.15, -0.1) is 0 Å². The average Bonchev–Trinajstić information content (AvgIpc) is 3.07. The van der Waals surface area contributed by atoms with Crippen LogP contribution >= 0.6 is 0 Å². The van der Waals surface area contributed by atoms with Crippen molar-refractivity contribution in [3.8, 4) is 11.4 Å². The minimum absolute atomic E-state index is 0.127. The standard InChI is InChI=1S/C20H24N4O2/c1-13-10-17(25)24-18(22-13)14-5-7-16(8-6-14)23-19(26)20-9-3-2-4-15(20)11-21-12-20/h5-8,10,15,21H,2-4,9,11-12H2,1H3,(H,23,26)(H,22,24,25)/t15-,20+/m0/s1. The molecule has 2 heterocycles. The molecule has 0 unspecified atom stereocenters. The second kappa shape index (κ2) is 6.68. The van der Waals surface area contributed by atoms with E-state index >= 15 is 0 Å². The monoisotopic (exact) mass is 352 g/mol. The first-order valence-electron chi connectivity index (χ1n) is 9.27. The number of anilines is 1. The summed E-state index contributed by atoms with van der Waals surface area (Å²) < 4.78 is 0. The molecule has 3 N–H and O–H groups in total. The number of rotatable bonds is 3.